The summed E-state index contributed by atoms with van der Waals surface area (Å²) in [6.07, 6.45) is 0.500. The maximum absolute atomic E-state index is 10.3. The van der Waals surface area contributed by atoms with E-state index in [2.05, 4.69) is 0 Å². The first-order chi connectivity index (χ1) is 11.4. The fourth-order valence-corrected chi connectivity index (χ4v) is 1.35. The average Bonchev–Trinajstić information content (AvgIpc) is 2.58. The van der Waals surface area contributed by atoms with E-state index in [-0.39, 0.29) is 13.2 Å². The molecule has 0 saturated heterocycles. The van der Waals surface area contributed by atoms with Crippen molar-refractivity contribution in [3.8, 4) is 0 Å². The highest BCUT2D eigenvalue weighted by molar-refractivity contribution is 5.87. The first kappa shape index (κ1) is 21.3. The number of rotatable bonds is 4. The number of aliphatic hydroxyl groups is 2. The maximum Gasteiger partial charge on any atom is 0.335 e. The fourth-order valence-electron chi connectivity index (χ4n) is 1.35. The highest BCUT2D eigenvalue weighted by atomic mass is 16.4. The Bertz CT molecular complexity index is 591. The third-order valence-electron chi connectivity index (χ3n) is 2.64. The summed E-state index contributed by atoms with van der Waals surface area (Å²) in [5.74, 6) is -1.75. The first-order valence-corrected chi connectivity index (χ1v) is 7.22. The summed E-state index contributed by atoms with van der Waals surface area (Å²) < 4.78 is 0. The monoisotopic (exact) mass is 334 g/mol. The molecule has 2 rings (SSSR count). The summed E-state index contributed by atoms with van der Waals surface area (Å²) >= 11 is 0. The molecule has 0 bridgehead atoms. The Balaban J connectivity index is 0.000000351. The van der Waals surface area contributed by atoms with Crippen molar-refractivity contribution < 1.29 is 30.0 Å². The van der Waals surface area contributed by atoms with Gasteiger partial charge in [0.25, 0.3) is 0 Å². The van der Waals surface area contributed by atoms with Crippen LogP contribution >= 0.6 is 0 Å². The van der Waals surface area contributed by atoms with Gasteiger partial charge in [0.2, 0.25) is 0 Å². The third-order valence-corrected chi connectivity index (χ3v) is 2.64. The van der Waals surface area contributed by atoms with Crippen molar-refractivity contribution in [2.75, 3.05) is 13.2 Å². The Labute approximate surface area is 140 Å². The summed E-state index contributed by atoms with van der Waals surface area (Å²) in [7, 11) is 0. The zero-order valence-corrected chi connectivity index (χ0v) is 13.4. The second-order valence-corrected chi connectivity index (χ2v) is 4.64. The smallest absolute Gasteiger partial charge is 0.335 e. The number of aliphatic hydroxyl groups excluding tert-OH is 2. The first-order valence-electron chi connectivity index (χ1n) is 7.22. The molecule has 0 heterocycles. The predicted octanol–water partition coefficient (Wildman–Crippen LogP) is 2.44. The van der Waals surface area contributed by atoms with E-state index < -0.39 is 11.9 Å². The van der Waals surface area contributed by atoms with Gasteiger partial charge in [-0.15, -0.1) is 0 Å². The van der Waals surface area contributed by atoms with E-state index in [4.69, 9.17) is 20.4 Å². The zero-order chi connectivity index (χ0) is 18.4. The number of aromatic carboxylic acids is 2. The Morgan fingerprint density at radius 1 is 0.750 bits per heavy atom. The van der Waals surface area contributed by atoms with Crippen LogP contribution in [-0.4, -0.2) is 45.6 Å². The molecule has 2 aromatic carbocycles. The lowest BCUT2D eigenvalue weighted by molar-refractivity contribution is 0.0686. The SMILES string of the molecule is Cc1ccc(C(=O)O)cc1.O=C(O)c1ccccc1.OCCCO. The molecule has 24 heavy (non-hydrogen) atoms. The average molecular weight is 334 g/mol. The lowest BCUT2D eigenvalue weighted by Crippen LogP contribution is -1.94. The Morgan fingerprint density at radius 2 is 1.17 bits per heavy atom. The predicted molar refractivity (Wildman–Crippen MR) is 90.3 cm³/mol. The normalized spacial score (nSPS) is 8.96. The summed E-state index contributed by atoms with van der Waals surface area (Å²) in [5, 5.41) is 32.7. The van der Waals surface area contributed by atoms with Crippen molar-refractivity contribution in [2.45, 2.75) is 13.3 Å². The molecule has 6 nitrogen and oxygen atoms in total. The van der Waals surface area contributed by atoms with Gasteiger partial charge in [-0.1, -0.05) is 35.9 Å². The number of carbonyl (C=O) groups is 2. The Morgan fingerprint density at radius 3 is 1.46 bits per heavy atom. The van der Waals surface area contributed by atoms with Crippen molar-refractivity contribution in [1.29, 1.82) is 0 Å². The second kappa shape index (κ2) is 12.8. The minimum Gasteiger partial charge on any atom is -0.478 e. The van der Waals surface area contributed by atoms with Crippen LogP contribution in [0.1, 0.15) is 32.7 Å². The fraction of sp³-hybridized carbons (Fsp3) is 0.222. The highest BCUT2D eigenvalue weighted by Crippen LogP contribution is 2.01. The van der Waals surface area contributed by atoms with Gasteiger partial charge in [0, 0.05) is 13.2 Å². The summed E-state index contributed by atoms with van der Waals surface area (Å²) in [4.78, 5) is 20.5. The van der Waals surface area contributed by atoms with E-state index in [0.29, 0.717) is 17.5 Å². The molecule has 0 saturated carbocycles. The largest absolute Gasteiger partial charge is 0.478 e. The molecule has 130 valence electrons. The number of aryl methyl sites for hydroxylation is 1. The lowest BCUT2D eigenvalue weighted by Gasteiger charge is -1.92. The van der Waals surface area contributed by atoms with Crippen LogP contribution in [0.2, 0.25) is 0 Å². The lowest BCUT2D eigenvalue weighted by atomic mass is 10.2. The van der Waals surface area contributed by atoms with Crippen LogP contribution in [0.4, 0.5) is 0 Å². The summed E-state index contributed by atoms with van der Waals surface area (Å²) in [6.45, 7) is 2.11. The standard InChI is InChI=1S/C8H8O2.C7H6O2.C3H8O2/c1-6-2-4-7(5-3-6)8(9)10;8-7(9)6-4-2-1-3-5-6;4-2-1-3-5/h2-5H,1H3,(H,9,10);1-5H,(H,8,9);4-5H,1-3H2. The molecular formula is C18H22O6. The van der Waals surface area contributed by atoms with Gasteiger partial charge in [-0.05, 0) is 37.6 Å². The van der Waals surface area contributed by atoms with E-state index >= 15 is 0 Å². The highest BCUT2D eigenvalue weighted by Gasteiger charge is 1.98. The van der Waals surface area contributed by atoms with Crippen LogP contribution in [0.5, 0.6) is 0 Å². The second-order valence-electron chi connectivity index (χ2n) is 4.64. The summed E-state index contributed by atoms with van der Waals surface area (Å²) in [5.41, 5.74) is 1.74. The Hall–Kier alpha value is -2.70. The Kier molecular flexibility index (Phi) is 11.4. The minimum atomic E-state index is -0.879. The zero-order valence-electron chi connectivity index (χ0n) is 13.4. The summed E-state index contributed by atoms with van der Waals surface area (Å²) in [6, 6.07) is 15.0. The van der Waals surface area contributed by atoms with Crippen LogP contribution in [0.3, 0.4) is 0 Å². The van der Waals surface area contributed by atoms with Gasteiger partial charge in [-0.3, -0.25) is 0 Å². The molecule has 0 fully saturated rings. The van der Waals surface area contributed by atoms with Gasteiger partial charge in [-0.25, -0.2) is 9.59 Å². The molecule has 0 unspecified atom stereocenters. The molecule has 0 atom stereocenters. The van der Waals surface area contributed by atoms with E-state index in [1.54, 1.807) is 54.6 Å². The van der Waals surface area contributed by atoms with Crippen LogP contribution in [0.25, 0.3) is 0 Å². The van der Waals surface area contributed by atoms with Crippen LogP contribution in [0, 0.1) is 6.92 Å². The van der Waals surface area contributed by atoms with Crippen molar-refractivity contribution in [2.24, 2.45) is 0 Å². The van der Waals surface area contributed by atoms with Crippen molar-refractivity contribution in [1.82, 2.24) is 0 Å². The van der Waals surface area contributed by atoms with E-state index in [1.807, 2.05) is 6.92 Å². The van der Waals surface area contributed by atoms with Gasteiger partial charge >= 0.3 is 11.9 Å². The molecule has 0 aliphatic rings. The van der Waals surface area contributed by atoms with Gasteiger partial charge < -0.3 is 20.4 Å². The van der Waals surface area contributed by atoms with Crippen LogP contribution in [0.15, 0.2) is 54.6 Å². The molecule has 2 aromatic rings. The van der Waals surface area contributed by atoms with E-state index in [1.165, 1.54) is 0 Å². The van der Waals surface area contributed by atoms with Crippen molar-refractivity contribution >= 4 is 11.9 Å². The van der Waals surface area contributed by atoms with Crippen molar-refractivity contribution in [3.05, 3.63) is 71.3 Å². The molecule has 4 N–H and O–H groups in total. The van der Waals surface area contributed by atoms with Gasteiger partial charge in [0.15, 0.2) is 0 Å². The number of hydrogen-bond donors (Lipinski definition) is 4. The number of carboxylic acids is 2. The number of carboxylic acid groups (broad SMARTS) is 2. The molecule has 6 heteroatoms. The van der Waals surface area contributed by atoms with Gasteiger partial charge in [-0.2, -0.15) is 0 Å². The van der Waals surface area contributed by atoms with Crippen molar-refractivity contribution in [3.63, 3.8) is 0 Å². The quantitative estimate of drug-likeness (QED) is 0.682. The van der Waals surface area contributed by atoms with Gasteiger partial charge in [0.1, 0.15) is 0 Å². The molecule has 0 aliphatic heterocycles. The minimum absolute atomic E-state index is 0.0938. The number of benzene rings is 2. The van der Waals surface area contributed by atoms with Crippen LogP contribution < -0.4 is 0 Å². The third kappa shape index (κ3) is 10.1. The molecule has 0 aliphatic carbocycles. The topological polar surface area (TPSA) is 115 Å². The molecule has 0 spiro atoms. The number of hydrogen-bond acceptors (Lipinski definition) is 4. The molecule has 0 radical (unpaired) electrons. The molecule has 0 aromatic heterocycles. The van der Waals surface area contributed by atoms with Gasteiger partial charge in [0.05, 0.1) is 11.1 Å². The maximum atomic E-state index is 10.3. The van der Waals surface area contributed by atoms with E-state index in [0.717, 1.165) is 5.56 Å². The van der Waals surface area contributed by atoms with Crippen LogP contribution in [-0.2, 0) is 0 Å². The van der Waals surface area contributed by atoms with E-state index in [9.17, 15) is 9.59 Å². The molecule has 0 amide bonds. The molecular weight excluding hydrogens is 312 g/mol.